The van der Waals surface area contributed by atoms with Crippen LogP contribution in [0.1, 0.15) is 19.3 Å². The van der Waals surface area contributed by atoms with Crippen molar-refractivity contribution in [2.24, 2.45) is 0 Å². The van der Waals surface area contributed by atoms with E-state index in [0.717, 1.165) is 12.8 Å². The average molecular weight is 272 g/mol. The lowest BCUT2D eigenvalue weighted by atomic mass is 10.2. The minimum absolute atomic E-state index is 0.00660. The van der Waals surface area contributed by atoms with Crippen LogP contribution in [0.5, 0.6) is 0 Å². The fourth-order valence-electron chi connectivity index (χ4n) is 1.67. The van der Waals surface area contributed by atoms with Gasteiger partial charge < -0.3 is 0 Å². The minimum atomic E-state index is -0.462. The summed E-state index contributed by atoms with van der Waals surface area (Å²) in [5.41, 5.74) is 0.551. The zero-order valence-electron chi connectivity index (χ0n) is 10.6. The van der Waals surface area contributed by atoms with Crippen LogP contribution in [0.2, 0.25) is 0 Å². The molecule has 0 aliphatic heterocycles. The Labute approximate surface area is 114 Å². The molecule has 102 valence electrons. The van der Waals surface area contributed by atoms with Crippen LogP contribution in [0, 0.1) is 21.4 Å². The second kappa shape index (κ2) is 6.38. The Hall–Kier alpha value is -2.82. The molecule has 0 saturated carbocycles. The van der Waals surface area contributed by atoms with E-state index >= 15 is 0 Å². The SMILES string of the molecule is N#CCCCCn1nnc(-c2cccc([N+](=O)[O-])c2)n1. The van der Waals surface area contributed by atoms with Crippen molar-refractivity contribution in [1.29, 1.82) is 5.26 Å². The number of nitrogens with zero attached hydrogens (tertiary/aromatic N) is 6. The molecular formula is C12H12N6O2. The summed E-state index contributed by atoms with van der Waals surface area (Å²) in [4.78, 5) is 11.7. The van der Waals surface area contributed by atoms with Crippen LogP contribution in [0.25, 0.3) is 11.4 Å². The van der Waals surface area contributed by atoms with E-state index in [0.29, 0.717) is 24.4 Å². The molecule has 0 saturated heterocycles. The van der Waals surface area contributed by atoms with Gasteiger partial charge in [0.25, 0.3) is 5.69 Å². The molecule has 0 aliphatic rings. The van der Waals surface area contributed by atoms with Crippen LogP contribution in [-0.2, 0) is 6.54 Å². The van der Waals surface area contributed by atoms with Crippen molar-refractivity contribution in [1.82, 2.24) is 20.2 Å². The number of rotatable bonds is 6. The summed E-state index contributed by atoms with van der Waals surface area (Å²) in [6, 6.07) is 8.18. The Bertz CT molecular complexity index is 645. The zero-order chi connectivity index (χ0) is 14.4. The number of nitro groups is 1. The van der Waals surface area contributed by atoms with Crippen LogP contribution >= 0.6 is 0 Å². The maximum atomic E-state index is 10.7. The third kappa shape index (κ3) is 3.35. The van der Waals surface area contributed by atoms with Crippen molar-refractivity contribution < 1.29 is 4.92 Å². The highest BCUT2D eigenvalue weighted by Gasteiger charge is 2.11. The maximum Gasteiger partial charge on any atom is 0.270 e. The number of unbranched alkanes of at least 4 members (excludes halogenated alkanes) is 2. The fourth-order valence-corrected chi connectivity index (χ4v) is 1.67. The van der Waals surface area contributed by atoms with Gasteiger partial charge in [0.05, 0.1) is 17.5 Å². The number of nitriles is 1. The number of benzene rings is 1. The monoisotopic (exact) mass is 272 g/mol. The molecule has 0 spiro atoms. The predicted octanol–water partition coefficient (Wildman–Crippen LogP) is 1.94. The molecule has 8 heteroatoms. The summed E-state index contributed by atoms with van der Waals surface area (Å²) in [7, 11) is 0. The molecule has 0 radical (unpaired) electrons. The highest BCUT2D eigenvalue weighted by Crippen LogP contribution is 2.19. The first-order valence-corrected chi connectivity index (χ1v) is 6.10. The van der Waals surface area contributed by atoms with Gasteiger partial charge in [-0.2, -0.15) is 10.1 Å². The van der Waals surface area contributed by atoms with Gasteiger partial charge in [-0.1, -0.05) is 12.1 Å². The number of hydrogen-bond acceptors (Lipinski definition) is 6. The molecule has 1 aromatic carbocycles. The Morgan fingerprint density at radius 1 is 1.40 bits per heavy atom. The van der Waals surface area contributed by atoms with E-state index in [2.05, 4.69) is 21.5 Å². The van der Waals surface area contributed by atoms with Crippen LogP contribution in [0.15, 0.2) is 24.3 Å². The normalized spacial score (nSPS) is 10.2. The lowest BCUT2D eigenvalue weighted by Gasteiger charge is -1.96. The second-order valence-corrected chi connectivity index (χ2v) is 4.13. The van der Waals surface area contributed by atoms with Crippen molar-refractivity contribution in [2.75, 3.05) is 0 Å². The molecule has 0 atom stereocenters. The van der Waals surface area contributed by atoms with E-state index in [4.69, 9.17) is 5.26 Å². The van der Waals surface area contributed by atoms with Gasteiger partial charge in [-0.05, 0) is 18.1 Å². The summed E-state index contributed by atoms with van der Waals surface area (Å²) < 4.78 is 0. The van der Waals surface area contributed by atoms with E-state index in [1.807, 2.05) is 0 Å². The number of nitro benzene ring substituents is 1. The van der Waals surface area contributed by atoms with Crippen molar-refractivity contribution in [3.05, 3.63) is 34.4 Å². The summed E-state index contributed by atoms with van der Waals surface area (Å²) in [5, 5.41) is 31.1. The fraction of sp³-hybridized carbons (Fsp3) is 0.333. The lowest BCUT2D eigenvalue weighted by molar-refractivity contribution is -0.384. The molecule has 0 bridgehead atoms. The molecule has 8 nitrogen and oxygen atoms in total. The van der Waals surface area contributed by atoms with Crippen LogP contribution in [-0.4, -0.2) is 25.1 Å². The number of aromatic nitrogens is 4. The van der Waals surface area contributed by atoms with E-state index in [1.54, 1.807) is 12.1 Å². The smallest absolute Gasteiger partial charge is 0.258 e. The second-order valence-electron chi connectivity index (χ2n) is 4.13. The molecule has 0 unspecified atom stereocenters. The molecule has 0 fully saturated rings. The molecular weight excluding hydrogens is 260 g/mol. The number of aryl methyl sites for hydroxylation is 1. The molecule has 0 N–H and O–H groups in total. The van der Waals surface area contributed by atoms with E-state index in [1.165, 1.54) is 16.9 Å². The average Bonchev–Trinajstić information content (AvgIpc) is 2.92. The first-order valence-electron chi connectivity index (χ1n) is 6.10. The van der Waals surface area contributed by atoms with Crippen LogP contribution < -0.4 is 0 Å². The van der Waals surface area contributed by atoms with Gasteiger partial charge in [0.1, 0.15) is 0 Å². The first kappa shape index (κ1) is 13.6. The van der Waals surface area contributed by atoms with Crippen LogP contribution in [0.4, 0.5) is 5.69 Å². The van der Waals surface area contributed by atoms with Gasteiger partial charge in [-0.3, -0.25) is 10.1 Å². The lowest BCUT2D eigenvalue weighted by Crippen LogP contribution is -2.02. The third-order valence-electron chi connectivity index (χ3n) is 2.66. The van der Waals surface area contributed by atoms with Crippen molar-refractivity contribution in [3.63, 3.8) is 0 Å². The zero-order valence-corrected chi connectivity index (χ0v) is 10.6. The maximum absolute atomic E-state index is 10.7. The van der Waals surface area contributed by atoms with Gasteiger partial charge in [0.15, 0.2) is 0 Å². The number of tetrazole rings is 1. The van der Waals surface area contributed by atoms with E-state index in [-0.39, 0.29) is 5.69 Å². The summed E-state index contributed by atoms with van der Waals surface area (Å²) in [5.74, 6) is 0.356. The van der Waals surface area contributed by atoms with Gasteiger partial charge in [-0.15, -0.1) is 10.2 Å². The summed E-state index contributed by atoms with van der Waals surface area (Å²) in [6.07, 6.45) is 2.08. The molecule has 2 rings (SSSR count). The Balaban J connectivity index is 2.07. The molecule has 1 heterocycles. The molecule has 2 aromatic rings. The van der Waals surface area contributed by atoms with Gasteiger partial charge >= 0.3 is 0 Å². The summed E-state index contributed by atoms with van der Waals surface area (Å²) in [6.45, 7) is 0.573. The molecule has 0 aliphatic carbocycles. The van der Waals surface area contributed by atoms with Crippen molar-refractivity contribution in [2.45, 2.75) is 25.8 Å². The molecule has 1 aromatic heterocycles. The largest absolute Gasteiger partial charge is 0.270 e. The number of hydrogen-bond donors (Lipinski definition) is 0. The van der Waals surface area contributed by atoms with Crippen molar-refractivity contribution >= 4 is 5.69 Å². The van der Waals surface area contributed by atoms with Crippen molar-refractivity contribution in [3.8, 4) is 17.5 Å². The Morgan fingerprint density at radius 3 is 3.00 bits per heavy atom. The summed E-state index contributed by atoms with van der Waals surface area (Å²) >= 11 is 0. The predicted molar refractivity (Wildman–Crippen MR) is 69.4 cm³/mol. The van der Waals surface area contributed by atoms with Gasteiger partial charge in [0.2, 0.25) is 5.82 Å². The highest BCUT2D eigenvalue weighted by atomic mass is 16.6. The topological polar surface area (TPSA) is 111 Å². The minimum Gasteiger partial charge on any atom is -0.258 e. The van der Waals surface area contributed by atoms with E-state index < -0.39 is 4.92 Å². The van der Waals surface area contributed by atoms with Gasteiger partial charge in [0, 0.05) is 24.1 Å². The first-order chi connectivity index (χ1) is 9.70. The molecule has 0 amide bonds. The third-order valence-corrected chi connectivity index (χ3v) is 2.66. The standard InChI is InChI=1S/C12H12N6O2/c13-7-2-1-3-8-17-15-12(14-16-17)10-5-4-6-11(9-10)18(19)20/h4-6,9H,1-3,8H2. The van der Waals surface area contributed by atoms with E-state index in [9.17, 15) is 10.1 Å². The van der Waals surface area contributed by atoms with Gasteiger partial charge in [-0.25, -0.2) is 0 Å². The number of non-ortho nitro benzene ring substituents is 1. The molecule has 20 heavy (non-hydrogen) atoms. The Morgan fingerprint density at radius 2 is 2.25 bits per heavy atom. The highest BCUT2D eigenvalue weighted by molar-refractivity contribution is 5.58. The Kier molecular flexibility index (Phi) is 4.34. The van der Waals surface area contributed by atoms with Crippen LogP contribution in [0.3, 0.4) is 0 Å². The quantitative estimate of drug-likeness (QED) is 0.451.